The quantitative estimate of drug-likeness (QED) is 0.583. The first kappa shape index (κ1) is 16.9. The maximum absolute atomic E-state index is 12.9. The van der Waals surface area contributed by atoms with E-state index in [2.05, 4.69) is 6.08 Å². The molecule has 2 aromatic rings. The van der Waals surface area contributed by atoms with Crippen LogP contribution in [0.25, 0.3) is 0 Å². The van der Waals surface area contributed by atoms with Crippen molar-refractivity contribution in [2.45, 2.75) is 29.1 Å². The highest BCUT2D eigenvalue weighted by Gasteiger charge is 2.29. The molecule has 0 saturated carbocycles. The van der Waals surface area contributed by atoms with E-state index >= 15 is 0 Å². The summed E-state index contributed by atoms with van der Waals surface area (Å²) >= 11 is 1.64. The van der Waals surface area contributed by atoms with Crippen molar-refractivity contribution in [2.75, 3.05) is 11.5 Å². The van der Waals surface area contributed by atoms with E-state index in [1.165, 1.54) is 0 Å². The summed E-state index contributed by atoms with van der Waals surface area (Å²) in [6.07, 6.45) is 6.45. The van der Waals surface area contributed by atoms with Gasteiger partial charge in [0.2, 0.25) is 0 Å². The van der Waals surface area contributed by atoms with Crippen molar-refractivity contribution in [1.82, 2.24) is 0 Å². The molecule has 0 radical (unpaired) electrons. The Morgan fingerprint density at radius 1 is 1.00 bits per heavy atom. The van der Waals surface area contributed by atoms with Crippen LogP contribution in [0.4, 0.5) is 11.4 Å². The molecule has 1 aliphatic carbocycles. The molecule has 1 aliphatic heterocycles. The third kappa shape index (κ3) is 3.27. The molecule has 0 fully saturated rings. The number of allylic oxidation sites excluding steroid dienone is 2. The molecule has 0 bridgehead atoms. The maximum atomic E-state index is 12.9. The van der Waals surface area contributed by atoms with Crippen molar-refractivity contribution in [1.29, 1.82) is 0 Å². The predicted octanol–water partition coefficient (Wildman–Crippen LogP) is 4.72. The van der Waals surface area contributed by atoms with Crippen LogP contribution in [0.15, 0.2) is 70.5 Å². The number of nitrogens with zero attached hydrogens (tertiary/aromatic N) is 1. The van der Waals surface area contributed by atoms with Crippen molar-refractivity contribution in [3.63, 3.8) is 0 Å². The molecular formula is C21H19NO3S. The Morgan fingerprint density at radius 3 is 2.27 bits per heavy atom. The minimum Gasteiger partial charge on any atom is -0.455 e. The number of para-hydroxylation sites is 2. The van der Waals surface area contributed by atoms with Crippen LogP contribution < -0.4 is 4.90 Å². The van der Waals surface area contributed by atoms with E-state index in [-0.39, 0.29) is 24.4 Å². The molecule has 5 heteroatoms. The fraction of sp³-hybridized carbons (Fsp3) is 0.238. The van der Waals surface area contributed by atoms with Gasteiger partial charge in [-0.05, 0) is 43.5 Å². The van der Waals surface area contributed by atoms with Gasteiger partial charge in [-0.3, -0.25) is 14.5 Å². The first-order valence-electron chi connectivity index (χ1n) is 8.74. The number of hydrogen-bond donors (Lipinski definition) is 0. The average molecular weight is 365 g/mol. The molecule has 2 aromatic carbocycles. The molecule has 1 amide bonds. The lowest BCUT2D eigenvalue weighted by molar-refractivity contribution is -0.152. The van der Waals surface area contributed by atoms with Gasteiger partial charge in [0.05, 0.1) is 17.3 Å². The predicted molar refractivity (Wildman–Crippen MR) is 102 cm³/mol. The van der Waals surface area contributed by atoms with Gasteiger partial charge >= 0.3 is 5.97 Å². The van der Waals surface area contributed by atoms with Crippen LogP contribution in [0.1, 0.15) is 19.3 Å². The number of esters is 1. The van der Waals surface area contributed by atoms with E-state index < -0.39 is 0 Å². The SMILES string of the molecule is O=C(OCC(=O)N1c2ccccc2Sc2ccccc21)C1CC=CCC1. The van der Waals surface area contributed by atoms with E-state index in [0.717, 1.165) is 34.0 Å². The number of anilines is 2. The Morgan fingerprint density at radius 2 is 1.65 bits per heavy atom. The van der Waals surface area contributed by atoms with Crippen LogP contribution in [-0.2, 0) is 14.3 Å². The normalized spacial score (nSPS) is 18.0. The molecule has 132 valence electrons. The number of ether oxygens (including phenoxy) is 1. The van der Waals surface area contributed by atoms with E-state index in [1.54, 1.807) is 16.7 Å². The molecule has 1 atom stereocenters. The Kier molecular flexibility index (Phi) is 4.80. The molecule has 0 saturated heterocycles. The van der Waals surface area contributed by atoms with Crippen molar-refractivity contribution < 1.29 is 14.3 Å². The Balaban J connectivity index is 1.54. The molecule has 0 spiro atoms. The molecule has 1 unspecified atom stereocenters. The summed E-state index contributed by atoms with van der Waals surface area (Å²) in [5, 5.41) is 0. The van der Waals surface area contributed by atoms with Gasteiger partial charge in [-0.1, -0.05) is 48.2 Å². The van der Waals surface area contributed by atoms with E-state index in [0.29, 0.717) is 6.42 Å². The molecule has 4 rings (SSSR count). The first-order valence-corrected chi connectivity index (χ1v) is 9.56. The number of benzene rings is 2. The summed E-state index contributed by atoms with van der Waals surface area (Å²) in [6, 6.07) is 15.6. The molecule has 0 N–H and O–H groups in total. The number of amides is 1. The van der Waals surface area contributed by atoms with Crippen molar-refractivity contribution in [3.05, 3.63) is 60.7 Å². The first-order chi connectivity index (χ1) is 12.7. The fourth-order valence-corrected chi connectivity index (χ4v) is 4.35. The third-order valence-corrected chi connectivity index (χ3v) is 5.75. The van der Waals surface area contributed by atoms with Crippen LogP contribution in [0, 0.1) is 5.92 Å². The van der Waals surface area contributed by atoms with Gasteiger partial charge in [0.15, 0.2) is 6.61 Å². The molecule has 4 nitrogen and oxygen atoms in total. The number of hydrogen-bond acceptors (Lipinski definition) is 4. The summed E-state index contributed by atoms with van der Waals surface area (Å²) < 4.78 is 5.36. The van der Waals surface area contributed by atoms with Gasteiger partial charge < -0.3 is 4.74 Å². The topological polar surface area (TPSA) is 46.6 Å². The van der Waals surface area contributed by atoms with Crippen LogP contribution in [0.5, 0.6) is 0 Å². The Labute approximate surface area is 156 Å². The van der Waals surface area contributed by atoms with E-state index in [9.17, 15) is 9.59 Å². The lowest BCUT2D eigenvalue weighted by Crippen LogP contribution is -2.33. The van der Waals surface area contributed by atoms with Gasteiger partial charge in [0, 0.05) is 9.79 Å². The fourth-order valence-electron chi connectivity index (χ4n) is 3.30. The zero-order chi connectivity index (χ0) is 17.9. The summed E-state index contributed by atoms with van der Waals surface area (Å²) in [7, 11) is 0. The molecule has 26 heavy (non-hydrogen) atoms. The summed E-state index contributed by atoms with van der Waals surface area (Å²) in [5.41, 5.74) is 1.66. The van der Waals surface area contributed by atoms with Crippen molar-refractivity contribution >= 4 is 35.0 Å². The number of fused-ring (bicyclic) bond motifs is 2. The summed E-state index contributed by atoms with van der Waals surface area (Å²) in [4.78, 5) is 28.9. The van der Waals surface area contributed by atoms with Gasteiger partial charge in [0.1, 0.15) is 0 Å². The second kappa shape index (κ2) is 7.38. The standard InChI is InChI=1S/C21H19NO3S/c23-20(14-25-21(24)15-8-2-1-3-9-15)22-16-10-4-6-12-18(16)26-19-13-7-5-11-17(19)22/h1-2,4-7,10-13,15H,3,8-9,14H2. The average Bonchev–Trinajstić information content (AvgIpc) is 2.70. The minimum atomic E-state index is -0.282. The number of carbonyl (C=O) groups excluding carboxylic acids is 2. The largest absolute Gasteiger partial charge is 0.455 e. The lowest BCUT2D eigenvalue weighted by atomic mass is 9.95. The van der Waals surface area contributed by atoms with Gasteiger partial charge in [-0.25, -0.2) is 0 Å². The lowest BCUT2D eigenvalue weighted by Gasteiger charge is -2.31. The maximum Gasteiger partial charge on any atom is 0.309 e. The number of rotatable bonds is 3. The van der Waals surface area contributed by atoms with Gasteiger partial charge in [-0.2, -0.15) is 0 Å². The number of carbonyl (C=O) groups is 2. The third-order valence-electron chi connectivity index (χ3n) is 4.62. The monoisotopic (exact) mass is 365 g/mol. The van der Waals surface area contributed by atoms with Gasteiger partial charge in [0.25, 0.3) is 5.91 Å². The molecular weight excluding hydrogens is 346 g/mol. The second-order valence-electron chi connectivity index (χ2n) is 6.36. The van der Waals surface area contributed by atoms with Crippen LogP contribution in [0.2, 0.25) is 0 Å². The zero-order valence-corrected chi connectivity index (χ0v) is 15.1. The highest BCUT2D eigenvalue weighted by molar-refractivity contribution is 7.99. The van der Waals surface area contributed by atoms with Crippen LogP contribution in [-0.4, -0.2) is 18.5 Å². The molecule has 1 heterocycles. The van der Waals surface area contributed by atoms with E-state index in [4.69, 9.17) is 4.74 Å². The smallest absolute Gasteiger partial charge is 0.309 e. The Bertz CT molecular complexity index is 832. The van der Waals surface area contributed by atoms with Crippen molar-refractivity contribution in [2.24, 2.45) is 5.92 Å². The summed E-state index contributed by atoms with van der Waals surface area (Å²) in [6.45, 7) is -0.244. The highest BCUT2D eigenvalue weighted by atomic mass is 32.2. The highest BCUT2D eigenvalue weighted by Crippen LogP contribution is 2.47. The summed E-state index contributed by atoms with van der Waals surface area (Å²) in [5.74, 6) is -0.648. The molecule has 0 aromatic heterocycles. The van der Waals surface area contributed by atoms with Crippen molar-refractivity contribution in [3.8, 4) is 0 Å². The van der Waals surface area contributed by atoms with Gasteiger partial charge in [-0.15, -0.1) is 0 Å². The van der Waals surface area contributed by atoms with Crippen LogP contribution >= 0.6 is 11.8 Å². The Hall–Kier alpha value is -2.53. The van der Waals surface area contributed by atoms with Crippen LogP contribution in [0.3, 0.4) is 0 Å². The van der Waals surface area contributed by atoms with E-state index in [1.807, 2.05) is 54.6 Å². The second-order valence-corrected chi connectivity index (χ2v) is 7.44. The molecule has 2 aliphatic rings. The zero-order valence-electron chi connectivity index (χ0n) is 14.3. The minimum absolute atomic E-state index is 0.135.